The van der Waals surface area contributed by atoms with Gasteiger partial charge in [-0.1, -0.05) is 13.0 Å². The third kappa shape index (κ3) is 2.61. The first-order chi connectivity index (χ1) is 10.5. The van der Waals surface area contributed by atoms with Crippen molar-refractivity contribution in [3.05, 3.63) is 12.2 Å². The quantitative estimate of drug-likeness (QED) is 0.577. The lowest BCUT2D eigenvalue weighted by molar-refractivity contribution is -0.181. The predicted molar refractivity (Wildman–Crippen MR) is 83.5 cm³/mol. The second-order valence-electron chi connectivity index (χ2n) is 7.36. The summed E-state index contributed by atoms with van der Waals surface area (Å²) < 4.78 is 17.9. The molecular weight excluding hydrogens is 280 g/mol. The largest absolute Gasteiger partial charge is 0.455 e. The summed E-state index contributed by atoms with van der Waals surface area (Å²) in [6.07, 6.45) is 8.76. The fraction of sp³-hybridized carbons (Fsp3) is 0.833. The Kier molecular flexibility index (Phi) is 4.34. The number of rotatable bonds is 5. The average Bonchev–Trinajstić information content (AvgIpc) is 3.06. The normalized spacial score (nSPS) is 36.3. The van der Waals surface area contributed by atoms with Crippen molar-refractivity contribution in [3.63, 3.8) is 0 Å². The number of esters is 1. The minimum Gasteiger partial charge on any atom is -0.455 e. The highest BCUT2D eigenvalue weighted by molar-refractivity contribution is 5.87. The summed E-state index contributed by atoms with van der Waals surface area (Å²) in [6, 6.07) is 0. The first-order valence-electron chi connectivity index (χ1n) is 8.57. The van der Waals surface area contributed by atoms with E-state index in [1.807, 2.05) is 0 Å². The van der Waals surface area contributed by atoms with E-state index < -0.39 is 0 Å². The SMILES string of the molecule is C=C(C)C(=O)OC1(C2CC3CCC2(COC)O3)CCCCC1. The van der Waals surface area contributed by atoms with Crippen LogP contribution in [0, 0.1) is 5.92 Å². The van der Waals surface area contributed by atoms with Crippen LogP contribution in [-0.2, 0) is 19.0 Å². The Bertz CT molecular complexity index is 452. The van der Waals surface area contributed by atoms with Crippen LogP contribution in [0.2, 0.25) is 0 Å². The van der Waals surface area contributed by atoms with Crippen LogP contribution in [0.4, 0.5) is 0 Å². The fourth-order valence-corrected chi connectivity index (χ4v) is 4.84. The zero-order valence-electron chi connectivity index (χ0n) is 13.9. The van der Waals surface area contributed by atoms with Crippen LogP contribution >= 0.6 is 0 Å². The van der Waals surface area contributed by atoms with Gasteiger partial charge >= 0.3 is 5.97 Å². The third-order valence-corrected chi connectivity index (χ3v) is 5.79. The topological polar surface area (TPSA) is 44.8 Å². The standard InChI is InChI=1S/C18H28O4/c1-13(2)16(19)22-17(8-5-4-6-9-17)15-11-14-7-10-18(15,21-14)12-20-3/h14-15H,1,4-12H2,2-3H3. The zero-order valence-corrected chi connectivity index (χ0v) is 13.9. The highest BCUT2D eigenvalue weighted by atomic mass is 16.6. The Labute approximate surface area is 133 Å². The van der Waals surface area contributed by atoms with Crippen LogP contribution in [0.3, 0.4) is 0 Å². The minimum absolute atomic E-state index is 0.252. The summed E-state index contributed by atoms with van der Waals surface area (Å²) in [5.74, 6) is -0.000426. The van der Waals surface area contributed by atoms with E-state index in [9.17, 15) is 4.79 Å². The first-order valence-corrected chi connectivity index (χ1v) is 8.57. The Hall–Kier alpha value is -0.870. The molecule has 3 fully saturated rings. The maximum absolute atomic E-state index is 12.2. The molecule has 22 heavy (non-hydrogen) atoms. The van der Waals surface area contributed by atoms with Gasteiger partial charge in [-0.3, -0.25) is 0 Å². The minimum atomic E-state index is -0.387. The molecule has 3 unspecified atom stereocenters. The van der Waals surface area contributed by atoms with E-state index in [4.69, 9.17) is 14.2 Å². The molecule has 3 aliphatic rings. The lowest BCUT2D eigenvalue weighted by Gasteiger charge is -2.47. The molecule has 3 atom stereocenters. The van der Waals surface area contributed by atoms with E-state index >= 15 is 0 Å². The Balaban J connectivity index is 1.88. The summed E-state index contributed by atoms with van der Waals surface area (Å²) in [4.78, 5) is 12.2. The van der Waals surface area contributed by atoms with Gasteiger partial charge in [0.25, 0.3) is 0 Å². The summed E-state index contributed by atoms with van der Waals surface area (Å²) in [5.41, 5.74) is -0.163. The molecule has 0 spiro atoms. The average molecular weight is 308 g/mol. The van der Waals surface area contributed by atoms with E-state index in [0.29, 0.717) is 18.3 Å². The van der Waals surface area contributed by atoms with Crippen molar-refractivity contribution in [3.8, 4) is 0 Å². The van der Waals surface area contributed by atoms with E-state index in [0.717, 1.165) is 44.9 Å². The molecule has 2 bridgehead atoms. The summed E-state index contributed by atoms with van der Waals surface area (Å²) in [5, 5.41) is 0. The van der Waals surface area contributed by atoms with Gasteiger partial charge in [-0.2, -0.15) is 0 Å². The van der Waals surface area contributed by atoms with E-state index in [1.165, 1.54) is 6.42 Å². The van der Waals surface area contributed by atoms with Crippen LogP contribution in [-0.4, -0.2) is 37.0 Å². The molecule has 0 aromatic heterocycles. The van der Waals surface area contributed by atoms with Gasteiger partial charge in [-0.05, 0) is 51.9 Å². The molecule has 0 N–H and O–H groups in total. The first kappa shape index (κ1) is 16.0. The van der Waals surface area contributed by atoms with Crippen molar-refractivity contribution in [2.24, 2.45) is 5.92 Å². The van der Waals surface area contributed by atoms with E-state index in [2.05, 4.69) is 6.58 Å². The van der Waals surface area contributed by atoms with E-state index in [-0.39, 0.29) is 23.1 Å². The highest BCUT2D eigenvalue weighted by Crippen LogP contribution is 2.56. The summed E-state index contributed by atoms with van der Waals surface area (Å²) in [6.45, 7) is 6.07. The lowest BCUT2D eigenvalue weighted by Crippen LogP contribution is -2.55. The third-order valence-electron chi connectivity index (χ3n) is 5.79. The molecule has 0 amide bonds. The summed E-state index contributed by atoms with van der Waals surface area (Å²) >= 11 is 0. The molecule has 2 aliphatic heterocycles. The molecule has 2 heterocycles. The van der Waals surface area contributed by atoms with Crippen molar-refractivity contribution in [1.82, 2.24) is 0 Å². The molecule has 0 radical (unpaired) electrons. The molecule has 4 nitrogen and oxygen atoms in total. The van der Waals surface area contributed by atoms with Crippen molar-refractivity contribution in [1.29, 1.82) is 0 Å². The molecular formula is C18H28O4. The molecule has 3 rings (SSSR count). The lowest BCUT2D eigenvalue weighted by atomic mass is 9.64. The molecule has 0 aromatic carbocycles. The predicted octanol–water partition coefficient (Wildman–Crippen LogP) is 3.39. The van der Waals surface area contributed by atoms with Crippen molar-refractivity contribution in [2.75, 3.05) is 13.7 Å². The number of carbonyl (C=O) groups is 1. The smallest absolute Gasteiger partial charge is 0.333 e. The highest BCUT2D eigenvalue weighted by Gasteiger charge is 2.62. The van der Waals surface area contributed by atoms with Crippen LogP contribution in [0.1, 0.15) is 58.3 Å². The van der Waals surface area contributed by atoms with Crippen LogP contribution in [0.5, 0.6) is 0 Å². The number of hydrogen-bond donors (Lipinski definition) is 0. The number of methoxy groups -OCH3 is 1. The van der Waals surface area contributed by atoms with E-state index in [1.54, 1.807) is 14.0 Å². The van der Waals surface area contributed by atoms with Crippen LogP contribution in [0.15, 0.2) is 12.2 Å². The number of ether oxygens (including phenoxy) is 3. The maximum Gasteiger partial charge on any atom is 0.333 e. The molecule has 1 aliphatic carbocycles. The van der Waals surface area contributed by atoms with Gasteiger partial charge in [-0.25, -0.2) is 4.79 Å². The van der Waals surface area contributed by atoms with Gasteiger partial charge in [0.2, 0.25) is 0 Å². The fourth-order valence-electron chi connectivity index (χ4n) is 4.84. The summed E-state index contributed by atoms with van der Waals surface area (Å²) in [7, 11) is 1.73. The number of hydrogen-bond acceptors (Lipinski definition) is 4. The van der Waals surface area contributed by atoms with Crippen LogP contribution in [0.25, 0.3) is 0 Å². The Morgan fingerprint density at radius 2 is 2.00 bits per heavy atom. The van der Waals surface area contributed by atoms with Gasteiger partial charge < -0.3 is 14.2 Å². The second-order valence-corrected chi connectivity index (χ2v) is 7.36. The molecule has 124 valence electrons. The van der Waals surface area contributed by atoms with Crippen LogP contribution < -0.4 is 0 Å². The van der Waals surface area contributed by atoms with Gasteiger partial charge in [-0.15, -0.1) is 0 Å². The van der Waals surface area contributed by atoms with Gasteiger partial charge in [0.15, 0.2) is 0 Å². The van der Waals surface area contributed by atoms with Crippen molar-refractivity contribution >= 4 is 5.97 Å². The van der Waals surface area contributed by atoms with Gasteiger partial charge in [0.1, 0.15) is 5.60 Å². The second kappa shape index (κ2) is 5.97. The van der Waals surface area contributed by atoms with Crippen molar-refractivity contribution in [2.45, 2.75) is 75.6 Å². The number of carbonyl (C=O) groups excluding carboxylic acids is 1. The van der Waals surface area contributed by atoms with Crippen molar-refractivity contribution < 1.29 is 19.0 Å². The number of fused-ring (bicyclic) bond motifs is 2. The molecule has 1 saturated carbocycles. The Morgan fingerprint density at radius 3 is 2.59 bits per heavy atom. The molecule has 2 saturated heterocycles. The van der Waals surface area contributed by atoms with Gasteiger partial charge in [0, 0.05) is 18.6 Å². The maximum atomic E-state index is 12.2. The van der Waals surface area contributed by atoms with Gasteiger partial charge in [0.05, 0.1) is 18.3 Å². The zero-order chi connectivity index (χ0) is 15.8. The Morgan fingerprint density at radius 1 is 1.27 bits per heavy atom. The molecule has 0 aromatic rings. The monoisotopic (exact) mass is 308 g/mol. The molecule has 4 heteroatoms.